The molecule has 0 radical (unpaired) electrons. The van der Waals surface area contributed by atoms with Crippen molar-refractivity contribution >= 4 is 23.5 Å². The fourth-order valence-electron chi connectivity index (χ4n) is 1.30. The molecule has 106 valence electrons. The molecule has 19 heavy (non-hydrogen) atoms. The van der Waals surface area contributed by atoms with Gasteiger partial charge in [0.25, 0.3) is 0 Å². The van der Waals surface area contributed by atoms with Crippen molar-refractivity contribution in [3.8, 4) is 6.01 Å². The Bertz CT molecular complexity index is 441. The number of nitrogens with zero attached hydrogens (tertiary/aromatic N) is 4. The maximum atomic E-state index is 11.5. The second-order valence-electron chi connectivity index (χ2n) is 4.16. The van der Waals surface area contributed by atoms with Crippen molar-refractivity contribution in [1.82, 2.24) is 20.3 Å². The predicted molar refractivity (Wildman–Crippen MR) is 72.6 cm³/mol. The normalized spacial score (nSPS) is 10.4. The fourth-order valence-corrected chi connectivity index (χ4v) is 1.44. The van der Waals surface area contributed by atoms with E-state index in [0.717, 1.165) is 0 Å². The first kappa shape index (κ1) is 15.4. The molecule has 0 atom stereocenters. The average molecular weight is 288 g/mol. The molecule has 7 nitrogen and oxygen atoms in total. The van der Waals surface area contributed by atoms with Crippen LogP contribution in [0.4, 0.5) is 5.95 Å². The highest BCUT2D eigenvalue weighted by Gasteiger charge is 2.13. The number of hydrogen-bond acceptors (Lipinski definition) is 6. The van der Waals surface area contributed by atoms with Crippen LogP contribution in [0.25, 0.3) is 0 Å². The number of rotatable bonds is 6. The van der Waals surface area contributed by atoms with E-state index < -0.39 is 0 Å². The van der Waals surface area contributed by atoms with Crippen LogP contribution in [0.1, 0.15) is 20.8 Å². The van der Waals surface area contributed by atoms with Crippen molar-refractivity contribution in [2.24, 2.45) is 0 Å². The highest BCUT2D eigenvalue weighted by atomic mass is 35.5. The van der Waals surface area contributed by atoms with Gasteiger partial charge >= 0.3 is 6.01 Å². The third kappa shape index (κ3) is 5.25. The van der Waals surface area contributed by atoms with Gasteiger partial charge in [-0.25, -0.2) is 0 Å². The van der Waals surface area contributed by atoms with Crippen LogP contribution in [0.2, 0.25) is 5.28 Å². The summed E-state index contributed by atoms with van der Waals surface area (Å²) in [7, 11) is 1.69. The lowest BCUT2D eigenvalue weighted by Gasteiger charge is -2.17. The van der Waals surface area contributed by atoms with Gasteiger partial charge in [0.2, 0.25) is 17.1 Å². The van der Waals surface area contributed by atoms with Crippen LogP contribution < -0.4 is 15.0 Å². The molecular formula is C11H18ClN5O2. The van der Waals surface area contributed by atoms with Crippen LogP contribution in [0.3, 0.4) is 0 Å². The minimum absolute atomic E-state index is 0.0309. The van der Waals surface area contributed by atoms with Gasteiger partial charge in [-0.1, -0.05) is 0 Å². The average Bonchev–Trinajstić information content (AvgIpc) is 2.27. The third-order valence-electron chi connectivity index (χ3n) is 2.01. The maximum absolute atomic E-state index is 11.5. The SMILES string of the molecule is CCNC(=O)CN(C)c1nc(Cl)nc(OC(C)C)n1. The van der Waals surface area contributed by atoms with Crippen molar-refractivity contribution in [3.05, 3.63) is 5.28 Å². The number of ether oxygens (including phenoxy) is 1. The zero-order chi connectivity index (χ0) is 14.4. The lowest BCUT2D eigenvalue weighted by molar-refractivity contribution is -0.119. The molecule has 0 unspecified atom stereocenters. The molecule has 0 saturated heterocycles. The second-order valence-corrected chi connectivity index (χ2v) is 4.50. The largest absolute Gasteiger partial charge is 0.461 e. The highest BCUT2D eigenvalue weighted by molar-refractivity contribution is 6.28. The number of hydrogen-bond donors (Lipinski definition) is 1. The molecule has 1 rings (SSSR count). The first-order chi connectivity index (χ1) is 8.92. The summed E-state index contributed by atoms with van der Waals surface area (Å²) < 4.78 is 5.36. The molecule has 0 bridgehead atoms. The molecule has 0 fully saturated rings. The van der Waals surface area contributed by atoms with Gasteiger partial charge in [-0.3, -0.25) is 4.79 Å². The molecule has 8 heteroatoms. The van der Waals surface area contributed by atoms with Crippen LogP contribution in [-0.4, -0.2) is 47.1 Å². The number of anilines is 1. The Morgan fingerprint density at radius 3 is 2.68 bits per heavy atom. The van der Waals surface area contributed by atoms with E-state index in [1.165, 1.54) is 0 Å². The van der Waals surface area contributed by atoms with E-state index in [1.54, 1.807) is 11.9 Å². The Morgan fingerprint density at radius 1 is 1.42 bits per heavy atom. The summed E-state index contributed by atoms with van der Waals surface area (Å²) in [6.07, 6.45) is -0.0694. The number of aromatic nitrogens is 3. The lowest BCUT2D eigenvalue weighted by atomic mass is 10.5. The number of amides is 1. The summed E-state index contributed by atoms with van der Waals surface area (Å²) >= 11 is 5.81. The third-order valence-corrected chi connectivity index (χ3v) is 2.18. The predicted octanol–water partition coefficient (Wildman–Crippen LogP) is 0.884. The van der Waals surface area contributed by atoms with Gasteiger partial charge in [0.05, 0.1) is 12.6 Å². The monoisotopic (exact) mass is 287 g/mol. The minimum Gasteiger partial charge on any atom is -0.461 e. The minimum atomic E-state index is -0.118. The smallest absolute Gasteiger partial charge is 0.322 e. The zero-order valence-electron chi connectivity index (χ0n) is 11.5. The molecule has 1 heterocycles. The molecule has 0 aliphatic carbocycles. The fraction of sp³-hybridized carbons (Fsp3) is 0.636. The molecule has 1 aromatic rings. The summed E-state index contributed by atoms with van der Waals surface area (Å²) in [4.78, 5) is 25.0. The highest BCUT2D eigenvalue weighted by Crippen LogP contribution is 2.14. The van der Waals surface area contributed by atoms with Crippen LogP contribution in [-0.2, 0) is 4.79 Å². The van der Waals surface area contributed by atoms with Crippen molar-refractivity contribution in [1.29, 1.82) is 0 Å². The van der Waals surface area contributed by atoms with E-state index in [4.69, 9.17) is 16.3 Å². The van der Waals surface area contributed by atoms with Crippen molar-refractivity contribution in [2.75, 3.05) is 25.0 Å². The van der Waals surface area contributed by atoms with Crippen molar-refractivity contribution in [3.63, 3.8) is 0 Å². The Morgan fingerprint density at radius 2 is 2.11 bits per heavy atom. The first-order valence-corrected chi connectivity index (χ1v) is 6.36. The molecule has 1 aromatic heterocycles. The Kier molecular flexibility index (Phi) is 5.75. The number of carbonyl (C=O) groups excluding carboxylic acids is 1. The van der Waals surface area contributed by atoms with Crippen LogP contribution in [0.15, 0.2) is 0 Å². The molecule has 0 saturated carbocycles. The zero-order valence-corrected chi connectivity index (χ0v) is 12.2. The molecule has 0 spiro atoms. The first-order valence-electron chi connectivity index (χ1n) is 5.98. The van der Waals surface area contributed by atoms with Crippen molar-refractivity contribution < 1.29 is 9.53 Å². The lowest BCUT2D eigenvalue weighted by Crippen LogP contribution is -2.35. The van der Waals surface area contributed by atoms with Gasteiger partial charge in [-0.15, -0.1) is 0 Å². The van der Waals surface area contributed by atoms with Gasteiger partial charge in [-0.05, 0) is 32.4 Å². The molecule has 0 aromatic carbocycles. The van der Waals surface area contributed by atoms with Gasteiger partial charge in [-0.2, -0.15) is 15.0 Å². The van der Waals surface area contributed by atoms with E-state index in [9.17, 15) is 4.79 Å². The van der Waals surface area contributed by atoms with Crippen LogP contribution in [0.5, 0.6) is 6.01 Å². The van der Waals surface area contributed by atoms with E-state index in [2.05, 4.69) is 20.3 Å². The molecule has 1 amide bonds. The summed E-state index contributed by atoms with van der Waals surface area (Å²) in [5.41, 5.74) is 0. The number of likely N-dealkylation sites (N-methyl/N-ethyl adjacent to an activating group) is 2. The second kappa shape index (κ2) is 7.08. The quantitative estimate of drug-likeness (QED) is 0.837. The summed E-state index contributed by atoms with van der Waals surface area (Å²) in [6.45, 7) is 6.28. The van der Waals surface area contributed by atoms with Crippen molar-refractivity contribution in [2.45, 2.75) is 26.9 Å². The van der Waals surface area contributed by atoms with Gasteiger partial charge in [0, 0.05) is 13.6 Å². The molecule has 0 aliphatic heterocycles. The summed E-state index contributed by atoms with van der Waals surface area (Å²) in [5, 5.41) is 2.72. The van der Waals surface area contributed by atoms with E-state index >= 15 is 0 Å². The number of nitrogens with one attached hydrogen (secondary N) is 1. The van der Waals surface area contributed by atoms with Gasteiger partial charge in [0.15, 0.2) is 0 Å². The Hall–Kier alpha value is -1.63. The topological polar surface area (TPSA) is 80.2 Å². The van der Waals surface area contributed by atoms with E-state index in [-0.39, 0.29) is 29.8 Å². The van der Waals surface area contributed by atoms with Crippen LogP contribution in [0, 0.1) is 0 Å². The standard InChI is InChI=1S/C11H18ClN5O2/c1-5-13-8(18)6-17(4)10-14-9(12)15-11(16-10)19-7(2)3/h7H,5-6H2,1-4H3,(H,13,18). The maximum Gasteiger partial charge on any atom is 0.322 e. The summed E-state index contributed by atoms with van der Waals surface area (Å²) in [5.74, 6) is 0.176. The van der Waals surface area contributed by atoms with E-state index in [0.29, 0.717) is 12.5 Å². The van der Waals surface area contributed by atoms with Crippen LogP contribution >= 0.6 is 11.6 Å². The Labute approximate surface area is 117 Å². The van der Waals surface area contributed by atoms with Gasteiger partial charge < -0.3 is 15.0 Å². The number of carbonyl (C=O) groups is 1. The molecular weight excluding hydrogens is 270 g/mol. The van der Waals surface area contributed by atoms with E-state index in [1.807, 2.05) is 20.8 Å². The number of halogens is 1. The molecule has 0 aliphatic rings. The Balaban J connectivity index is 2.81. The summed E-state index contributed by atoms with van der Waals surface area (Å²) in [6, 6.07) is 0.146. The molecule has 1 N–H and O–H groups in total. The van der Waals surface area contributed by atoms with Gasteiger partial charge in [0.1, 0.15) is 0 Å².